The van der Waals surface area contributed by atoms with Crippen molar-refractivity contribution in [2.24, 2.45) is 7.05 Å². The number of rotatable bonds is 11. The molecule has 18 nitrogen and oxygen atoms in total. The van der Waals surface area contributed by atoms with Crippen molar-refractivity contribution >= 4 is 57.8 Å². The number of carbonyl (C=O) groups excluding carboxylic acids is 5. The number of alkyl halides is 2. The lowest BCUT2D eigenvalue weighted by molar-refractivity contribution is -0.135. The third kappa shape index (κ3) is 9.93. The number of anilines is 3. The Morgan fingerprint density at radius 1 is 0.800 bits per heavy atom. The quantitative estimate of drug-likeness (QED) is 0.148. The first-order valence-corrected chi connectivity index (χ1v) is 26.5. The summed E-state index contributed by atoms with van der Waals surface area (Å²) in [5.74, 6) is 0.765. The van der Waals surface area contributed by atoms with E-state index in [0.717, 1.165) is 109 Å². The highest BCUT2D eigenvalue weighted by Crippen LogP contribution is 2.45. The number of nitrogens with one attached hydrogen (secondary N) is 1. The highest BCUT2D eigenvalue weighted by Gasteiger charge is 2.37. The van der Waals surface area contributed by atoms with Crippen molar-refractivity contribution in [3.05, 3.63) is 82.9 Å². The Kier molecular flexibility index (Phi) is 14.1. The van der Waals surface area contributed by atoms with Crippen LogP contribution in [0.5, 0.6) is 5.75 Å². The van der Waals surface area contributed by atoms with E-state index in [-0.39, 0.29) is 60.4 Å². The SMILES string of the molecule is COc1cc(C(=O)N2CCC(OC3CCN(CC(=O)N4CCC(n5nc(N6CCCc7cc(-c8cn(C)c9ccncc89)c(C(F)F)cc76)c6c5CCN(C(C)=O)C6)CC4)CC3)CC2)ccc1N1CCC(=O)NC1=O. The van der Waals surface area contributed by atoms with E-state index in [9.17, 15) is 24.0 Å². The number of methoxy groups -OCH3 is 1. The predicted octanol–water partition coefficient (Wildman–Crippen LogP) is 6.77. The number of benzene rings is 2. The van der Waals surface area contributed by atoms with Gasteiger partial charge in [-0.1, -0.05) is 0 Å². The van der Waals surface area contributed by atoms with Crippen LogP contribution in [-0.2, 0) is 45.6 Å². The first kappa shape index (κ1) is 50.2. The van der Waals surface area contributed by atoms with Crippen LogP contribution < -0.4 is 19.9 Å². The van der Waals surface area contributed by atoms with Crippen LogP contribution in [0.3, 0.4) is 0 Å². The molecule has 0 radical (unpaired) electrons. The van der Waals surface area contributed by atoms with Gasteiger partial charge in [-0.05, 0) is 98.9 Å². The fourth-order valence-electron chi connectivity index (χ4n) is 12.3. The number of aryl methyl sites for hydroxylation is 2. The van der Waals surface area contributed by atoms with Gasteiger partial charge in [-0.25, -0.2) is 13.6 Å². The summed E-state index contributed by atoms with van der Waals surface area (Å²) in [6.07, 6.45) is 9.69. The lowest BCUT2D eigenvalue weighted by Gasteiger charge is -2.38. The molecule has 0 aliphatic carbocycles. The van der Waals surface area contributed by atoms with Gasteiger partial charge in [0.2, 0.25) is 17.7 Å². The number of fused-ring (bicyclic) bond motifs is 3. The molecule has 5 aromatic rings. The Hall–Kier alpha value is -6.93. The molecule has 3 aromatic heterocycles. The van der Waals surface area contributed by atoms with Crippen LogP contribution in [0, 0.1) is 0 Å². The van der Waals surface area contributed by atoms with Crippen molar-refractivity contribution in [3.8, 4) is 16.9 Å². The minimum Gasteiger partial charge on any atom is -0.495 e. The Labute approximate surface area is 434 Å². The van der Waals surface area contributed by atoms with Crippen LogP contribution in [0.1, 0.15) is 103 Å². The maximum atomic E-state index is 15.2. The lowest BCUT2D eigenvalue weighted by Crippen LogP contribution is -2.49. The van der Waals surface area contributed by atoms with E-state index in [2.05, 4.69) is 24.8 Å². The molecule has 0 saturated carbocycles. The smallest absolute Gasteiger partial charge is 0.328 e. The number of amides is 6. The highest BCUT2D eigenvalue weighted by molar-refractivity contribution is 6.07. The number of hydrogen-bond acceptors (Lipinski definition) is 11. The molecule has 0 atom stereocenters. The topological polar surface area (TPSA) is 171 Å². The van der Waals surface area contributed by atoms with Crippen molar-refractivity contribution in [3.63, 3.8) is 0 Å². The van der Waals surface area contributed by atoms with Crippen LogP contribution in [0.15, 0.2) is 55.0 Å². The Morgan fingerprint density at radius 3 is 2.27 bits per heavy atom. The molecule has 20 heteroatoms. The van der Waals surface area contributed by atoms with E-state index in [1.54, 1.807) is 43.6 Å². The summed E-state index contributed by atoms with van der Waals surface area (Å²) < 4.78 is 46.5. The Morgan fingerprint density at radius 2 is 1.55 bits per heavy atom. The Balaban J connectivity index is 0.689. The van der Waals surface area contributed by atoms with Gasteiger partial charge >= 0.3 is 6.03 Å². The molecule has 6 amide bonds. The van der Waals surface area contributed by atoms with E-state index in [0.29, 0.717) is 81.3 Å². The maximum Gasteiger partial charge on any atom is 0.328 e. The first-order valence-electron chi connectivity index (χ1n) is 26.5. The number of pyridine rings is 1. The molecule has 396 valence electrons. The zero-order valence-corrected chi connectivity index (χ0v) is 42.9. The minimum absolute atomic E-state index is 0.0148. The number of ether oxygens (including phenoxy) is 2. The molecule has 1 N–H and O–H groups in total. The van der Waals surface area contributed by atoms with Gasteiger partial charge in [-0.3, -0.25) is 44.0 Å². The standard InChI is InChI=1S/C55H65F2N11O7/c1-34(69)65-25-15-46-44(32-65)53(66-18-4-5-35-27-40(41(52(56)57)29-48(35)66)43-31-61(2)45-8-17-58-30-42(43)45)60-68(46)37-9-21-63(22-10-37)51(71)33-62-19-11-38(12-20-62)75-39-13-23-64(24-14-39)54(72)36-6-7-47(49(28-36)74-3)67-26-16-50(70)59-55(67)73/h6-8,17,27-31,37-39,52H,4-5,9-16,18-26,32-33H2,1-3H3,(H,59,70,73). The second-order valence-corrected chi connectivity index (χ2v) is 20.9. The number of aromatic nitrogens is 4. The van der Waals surface area contributed by atoms with Crippen LogP contribution in [0.2, 0.25) is 0 Å². The zero-order valence-electron chi connectivity index (χ0n) is 42.9. The van der Waals surface area contributed by atoms with Gasteiger partial charge < -0.3 is 33.6 Å². The van der Waals surface area contributed by atoms with Crippen molar-refractivity contribution in [2.75, 3.05) is 82.4 Å². The van der Waals surface area contributed by atoms with E-state index < -0.39 is 12.5 Å². The molecule has 6 aliphatic rings. The molecule has 0 bridgehead atoms. The molecule has 9 heterocycles. The number of urea groups is 1. The van der Waals surface area contributed by atoms with Gasteiger partial charge in [0.25, 0.3) is 12.3 Å². The van der Waals surface area contributed by atoms with Crippen molar-refractivity contribution in [1.82, 2.24) is 44.2 Å². The summed E-state index contributed by atoms with van der Waals surface area (Å²) in [5, 5.41) is 8.48. The number of carbonyl (C=O) groups is 5. The molecular formula is C55H65F2N11O7. The molecule has 0 unspecified atom stereocenters. The molecule has 75 heavy (non-hydrogen) atoms. The van der Waals surface area contributed by atoms with Gasteiger partial charge in [0, 0.05) is 143 Å². The number of likely N-dealkylation sites (tertiary alicyclic amines) is 3. The molecule has 2 aromatic carbocycles. The van der Waals surface area contributed by atoms with Gasteiger partial charge in [-0.15, -0.1) is 0 Å². The number of halogens is 2. The summed E-state index contributed by atoms with van der Waals surface area (Å²) in [6.45, 7) is 7.59. The predicted molar refractivity (Wildman–Crippen MR) is 276 cm³/mol. The van der Waals surface area contributed by atoms with E-state index in [4.69, 9.17) is 14.6 Å². The molecular weight excluding hydrogens is 965 g/mol. The maximum absolute atomic E-state index is 15.2. The second kappa shape index (κ2) is 21.0. The number of hydrogen-bond donors (Lipinski definition) is 1. The number of imide groups is 1. The highest BCUT2D eigenvalue weighted by atomic mass is 19.3. The fraction of sp³-hybridized carbons (Fsp3) is 0.509. The number of piperidine rings is 3. The average Bonchev–Trinajstić information content (AvgIpc) is 3.99. The van der Waals surface area contributed by atoms with Crippen LogP contribution >= 0.6 is 0 Å². The molecule has 4 saturated heterocycles. The van der Waals surface area contributed by atoms with E-state index in [1.807, 2.05) is 44.6 Å². The fourth-order valence-corrected chi connectivity index (χ4v) is 12.3. The monoisotopic (exact) mass is 1030 g/mol. The van der Waals surface area contributed by atoms with Gasteiger partial charge in [0.1, 0.15) is 5.75 Å². The molecule has 0 spiro atoms. The summed E-state index contributed by atoms with van der Waals surface area (Å²) in [5.41, 5.74) is 6.84. The Bertz CT molecular complexity index is 3020. The molecule has 4 fully saturated rings. The van der Waals surface area contributed by atoms with E-state index >= 15 is 8.78 Å². The van der Waals surface area contributed by atoms with Crippen LogP contribution in [0.4, 0.5) is 30.8 Å². The summed E-state index contributed by atoms with van der Waals surface area (Å²) in [4.78, 5) is 80.0. The van der Waals surface area contributed by atoms with Gasteiger partial charge in [0.15, 0.2) is 5.82 Å². The minimum atomic E-state index is -2.71. The van der Waals surface area contributed by atoms with Crippen LogP contribution in [0.25, 0.3) is 22.0 Å². The largest absolute Gasteiger partial charge is 0.495 e. The zero-order chi connectivity index (χ0) is 52.1. The van der Waals surface area contributed by atoms with Crippen molar-refractivity contribution < 1.29 is 42.2 Å². The lowest BCUT2D eigenvalue weighted by atomic mass is 9.91. The third-order valence-corrected chi connectivity index (χ3v) is 16.4. The molecule has 6 aliphatic heterocycles. The van der Waals surface area contributed by atoms with Crippen molar-refractivity contribution in [1.29, 1.82) is 0 Å². The number of nitrogens with zero attached hydrogens (tertiary/aromatic N) is 10. The van der Waals surface area contributed by atoms with Gasteiger partial charge in [0.05, 0.1) is 49.7 Å². The van der Waals surface area contributed by atoms with Gasteiger partial charge in [-0.2, -0.15) is 5.10 Å². The van der Waals surface area contributed by atoms with Crippen LogP contribution in [-0.4, -0.2) is 153 Å². The third-order valence-electron chi connectivity index (χ3n) is 16.4. The first-order chi connectivity index (χ1) is 36.3. The second-order valence-electron chi connectivity index (χ2n) is 20.9. The summed E-state index contributed by atoms with van der Waals surface area (Å²) in [7, 11) is 3.40. The normalized spacial score (nSPS) is 19.5. The molecule has 11 rings (SSSR count). The van der Waals surface area contributed by atoms with Crippen molar-refractivity contribution in [2.45, 2.75) is 102 Å². The average molecular weight is 1030 g/mol. The van der Waals surface area contributed by atoms with E-state index in [1.165, 1.54) is 12.0 Å². The summed E-state index contributed by atoms with van der Waals surface area (Å²) in [6, 6.07) is 10.0. The summed E-state index contributed by atoms with van der Waals surface area (Å²) >= 11 is 0.